The zero-order chi connectivity index (χ0) is 30.1. The minimum atomic E-state index is -4.02. The van der Waals surface area contributed by atoms with Gasteiger partial charge < -0.3 is 19.5 Å². The minimum Gasteiger partial charge on any atom is -0.383 e. The lowest BCUT2D eigenvalue weighted by atomic mass is 9.94. The lowest BCUT2D eigenvalue weighted by molar-refractivity contribution is -0.135. The quantitative estimate of drug-likeness (QED) is 0.287. The Morgan fingerprint density at radius 2 is 1.74 bits per heavy atom. The Balaban J connectivity index is 1.58. The topological polar surface area (TPSA) is 101 Å². The predicted molar refractivity (Wildman–Crippen MR) is 164 cm³/mol. The van der Waals surface area contributed by atoms with Gasteiger partial charge in [-0.1, -0.05) is 49.1 Å². The van der Waals surface area contributed by atoms with Gasteiger partial charge in [-0.2, -0.15) is 4.31 Å². The summed E-state index contributed by atoms with van der Waals surface area (Å²) in [5.74, 6) is -0.499. The fourth-order valence-corrected chi connectivity index (χ4v) is 6.90. The number of rotatable bonds is 13. The van der Waals surface area contributed by atoms with Crippen LogP contribution in [0.25, 0.3) is 0 Å². The van der Waals surface area contributed by atoms with Crippen molar-refractivity contribution in [3.63, 3.8) is 0 Å². The van der Waals surface area contributed by atoms with Crippen molar-refractivity contribution >= 4 is 39.1 Å². The van der Waals surface area contributed by atoms with Gasteiger partial charge in [-0.15, -0.1) is 0 Å². The van der Waals surface area contributed by atoms with Gasteiger partial charge in [-0.05, 0) is 60.9 Å². The molecule has 0 aliphatic heterocycles. The van der Waals surface area contributed by atoms with E-state index in [2.05, 4.69) is 9.88 Å². The molecule has 0 bridgehead atoms. The van der Waals surface area contributed by atoms with Crippen molar-refractivity contribution in [3.05, 3.63) is 83.1 Å². The molecule has 1 aliphatic carbocycles. The van der Waals surface area contributed by atoms with Crippen molar-refractivity contribution in [2.24, 2.45) is 0 Å². The van der Waals surface area contributed by atoms with Crippen LogP contribution in [0.5, 0.6) is 0 Å². The molecule has 0 spiro atoms. The van der Waals surface area contributed by atoms with E-state index in [0.717, 1.165) is 43.4 Å². The Morgan fingerprint density at radius 1 is 1.02 bits per heavy atom. The molecule has 1 fully saturated rings. The van der Waals surface area contributed by atoms with Crippen molar-refractivity contribution in [3.8, 4) is 0 Å². The summed E-state index contributed by atoms with van der Waals surface area (Å²) in [6.07, 6.45) is 6.92. The van der Waals surface area contributed by atoms with Crippen molar-refractivity contribution in [2.45, 2.75) is 63.1 Å². The molecular weight excluding hydrogens is 576 g/mol. The second-order valence-electron chi connectivity index (χ2n) is 10.6. The molecule has 1 saturated carbocycles. The first kappa shape index (κ1) is 31.7. The summed E-state index contributed by atoms with van der Waals surface area (Å²) in [6, 6.07) is 17.6. The van der Waals surface area contributed by atoms with E-state index < -0.39 is 10.0 Å². The van der Waals surface area contributed by atoms with Crippen LogP contribution in [0, 0.1) is 0 Å². The summed E-state index contributed by atoms with van der Waals surface area (Å²) in [6.45, 7) is 2.18. The number of benzene rings is 2. The molecule has 0 radical (unpaired) electrons. The fraction of sp³-hybridized carbons (Fsp3) is 0.419. The molecule has 11 heteroatoms. The number of aromatic nitrogens is 1. The van der Waals surface area contributed by atoms with Crippen LogP contribution in [-0.2, 0) is 37.4 Å². The van der Waals surface area contributed by atoms with Crippen molar-refractivity contribution in [2.75, 3.05) is 32.1 Å². The SMILES string of the molecule is COCCN(CC(=O)N(Cc1cccn1Cc1ccccc1Cl)C1CCCCC1)S(=O)(=O)c1ccc(NC(C)=O)cc1. The molecule has 42 heavy (non-hydrogen) atoms. The lowest BCUT2D eigenvalue weighted by Crippen LogP contribution is -2.48. The third-order valence-corrected chi connectivity index (χ3v) is 9.79. The van der Waals surface area contributed by atoms with E-state index >= 15 is 0 Å². The van der Waals surface area contributed by atoms with E-state index in [1.807, 2.05) is 47.5 Å². The van der Waals surface area contributed by atoms with Crippen LogP contribution in [0.2, 0.25) is 5.02 Å². The average Bonchev–Trinajstić information content (AvgIpc) is 3.41. The molecule has 226 valence electrons. The van der Waals surface area contributed by atoms with Gasteiger partial charge in [0.1, 0.15) is 0 Å². The highest BCUT2D eigenvalue weighted by Gasteiger charge is 2.32. The third-order valence-electron chi connectivity index (χ3n) is 7.56. The van der Waals surface area contributed by atoms with E-state index in [4.69, 9.17) is 16.3 Å². The number of ether oxygens (including phenoxy) is 1. The van der Waals surface area contributed by atoms with Crippen LogP contribution in [0.3, 0.4) is 0 Å². The summed E-state index contributed by atoms with van der Waals surface area (Å²) in [4.78, 5) is 27.3. The molecule has 1 heterocycles. The van der Waals surface area contributed by atoms with Crippen LogP contribution >= 0.6 is 11.6 Å². The number of hydrogen-bond donors (Lipinski definition) is 1. The molecule has 3 aromatic rings. The summed E-state index contributed by atoms with van der Waals surface area (Å²) in [5, 5.41) is 3.32. The molecule has 0 unspecified atom stereocenters. The number of methoxy groups -OCH3 is 1. The van der Waals surface area contributed by atoms with Crippen LogP contribution in [0.15, 0.2) is 71.8 Å². The van der Waals surface area contributed by atoms with Crippen LogP contribution in [0.1, 0.15) is 50.3 Å². The number of nitrogens with zero attached hydrogens (tertiary/aromatic N) is 3. The maximum atomic E-state index is 14.0. The normalized spacial score (nSPS) is 14.2. The number of nitrogens with one attached hydrogen (secondary N) is 1. The third kappa shape index (κ3) is 8.22. The minimum absolute atomic E-state index is 0.0267. The Bertz CT molecular complexity index is 1450. The van der Waals surface area contributed by atoms with Gasteiger partial charge in [0.05, 0.1) is 24.6 Å². The van der Waals surface area contributed by atoms with E-state index in [-0.39, 0.29) is 42.4 Å². The number of carbonyl (C=O) groups is 2. The molecule has 4 rings (SSSR count). The van der Waals surface area contributed by atoms with Crippen molar-refractivity contribution < 1.29 is 22.7 Å². The van der Waals surface area contributed by atoms with Crippen molar-refractivity contribution in [1.29, 1.82) is 0 Å². The van der Waals surface area contributed by atoms with Gasteiger partial charge in [0.2, 0.25) is 21.8 Å². The highest BCUT2D eigenvalue weighted by atomic mass is 35.5. The smallest absolute Gasteiger partial charge is 0.243 e. The lowest BCUT2D eigenvalue weighted by Gasteiger charge is -2.36. The Morgan fingerprint density at radius 3 is 2.40 bits per heavy atom. The van der Waals surface area contributed by atoms with Gasteiger partial charge in [0.25, 0.3) is 0 Å². The maximum absolute atomic E-state index is 14.0. The van der Waals surface area contributed by atoms with Gasteiger partial charge in [-0.3, -0.25) is 9.59 Å². The standard InChI is InChI=1S/C31H39ClN4O5S/c1-24(37)33-26-14-16-29(17-15-26)42(39,40)35(19-20-41-2)23-31(38)36(27-10-4-3-5-11-27)22-28-12-8-18-34(28)21-25-9-6-7-13-30(25)32/h6-9,12-18,27H,3-5,10-11,19-23H2,1-2H3,(H,33,37). The predicted octanol–water partition coefficient (Wildman–Crippen LogP) is 5.15. The number of anilines is 1. The Kier molecular flexibility index (Phi) is 11.2. The van der Waals surface area contributed by atoms with Gasteiger partial charge in [-0.25, -0.2) is 8.42 Å². The van der Waals surface area contributed by atoms with Crippen LogP contribution in [-0.4, -0.2) is 66.9 Å². The van der Waals surface area contributed by atoms with Crippen LogP contribution < -0.4 is 5.32 Å². The molecule has 9 nitrogen and oxygen atoms in total. The monoisotopic (exact) mass is 614 g/mol. The second kappa shape index (κ2) is 14.8. The zero-order valence-electron chi connectivity index (χ0n) is 24.2. The number of amides is 2. The Hall–Kier alpha value is -3.18. The number of carbonyl (C=O) groups excluding carboxylic acids is 2. The fourth-order valence-electron chi connectivity index (χ4n) is 5.33. The first-order chi connectivity index (χ1) is 20.2. The van der Waals surface area contributed by atoms with E-state index in [0.29, 0.717) is 23.8 Å². The zero-order valence-corrected chi connectivity index (χ0v) is 25.7. The number of sulfonamides is 1. The summed E-state index contributed by atoms with van der Waals surface area (Å²) >= 11 is 6.43. The first-order valence-electron chi connectivity index (χ1n) is 14.2. The molecule has 1 N–H and O–H groups in total. The molecule has 2 aromatic carbocycles. The van der Waals surface area contributed by atoms with Crippen LogP contribution in [0.4, 0.5) is 5.69 Å². The summed E-state index contributed by atoms with van der Waals surface area (Å²) in [5.41, 5.74) is 2.42. The van der Waals surface area contributed by atoms with Gasteiger partial charge in [0, 0.05) is 55.8 Å². The largest absolute Gasteiger partial charge is 0.383 e. The summed E-state index contributed by atoms with van der Waals surface area (Å²) in [7, 11) is -2.52. The maximum Gasteiger partial charge on any atom is 0.243 e. The molecule has 2 amide bonds. The van der Waals surface area contributed by atoms with Gasteiger partial charge >= 0.3 is 0 Å². The van der Waals surface area contributed by atoms with E-state index in [9.17, 15) is 18.0 Å². The molecule has 0 atom stereocenters. The average molecular weight is 615 g/mol. The second-order valence-corrected chi connectivity index (χ2v) is 12.9. The van der Waals surface area contributed by atoms with E-state index in [1.165, 1.54) is 42.6 Å². The van der Waals surface area contributed by atoms with Crippen molar-refractivity contribution in [1.82, 2.24) is 13.8 Å². The highest BCUT2D eigenvalue weighted by Crippen LogP contribution is 2.26. The summed E-state index contributed by atoms with van der Waals surface area (Å²) < 4.78 is 35.9. The number of hydrogen-bond acceptors (Lipinski definition) is 5. The van der Waals surface area contributed by atoms with E-state index in [1.54, 1.807) is 0 Å². The highest BCUT2D eigenvalue weighted by molar-refractivity contribution is 7.89. The Labute approximate surface area is 253 Å². The first-order valence-corrected chi connectivity index (χ1v) is 16.0. The molecular formula is C31H39ClN4O5S. The molecule has 0 saturated heterocycles. The molecule has 1 aliphatic rings. The van der Waals surface area contributed by atoms with Gasteiger partial charge in [0.15, 0.2) is 0 Å². The number of halogens is 1. The molecule has 1 aromatic heterocycles.